The van der Waals surface area contributed by atoms with Crippen molar-refractivity contribution in [2.75, 3.05) is 0 Å². The summed E-state index contributed by atoms with van der Waals surface area (Å²) in [4.78, 5) is 10.9. The van der Waals surface area contributed by atoms with Crippen molar-refractivity contribution in [3.05, 3.63) is 22.7 Å². The van der Waals surface area contributed by atoms with Gasteiger partial charge in [-0.1, -0.05) is 20.3 Å². The lowest BCUT2D eigenvalue weighted by atomic mass is 10.1. The average Bonchev–Trinajstić information content (AvgIpc) is 2.37. The van der Waals surface area contributed by atoms with E-state index in [4.69, 9.17) is 4.52 Å². The summed E-state index contributed by atoms with van der Waals surface area (Å²) in [6, 6.07) is 1.43. The summed E-state index contributed by atoms with van der Waals surface area (Å²) >= 11 is 0. The zero-order chi connectivity index (χ0) is 8.27. The van der Waals surface area contributed by atoms with E-state index in [9.17, 15) is 4.79 Å². The normalized spacial score (nSPS) is 13.3. The molecule has 1 heterocycles. The first-order chi connectivity index (χ1) is 5.24. The van der Waals surface area contributed by atoms with Crippen LogP contribution in [0.5, 0.6) is 0 Å². The van der Waals surface area contributed by atoms with E-state index >= 15 is 0 Å². The Kier molecular flexibility index (Phi) is 2.52. The van der Waals surface area contributed by atoms with Crippen LogP contribution in [0.1, 0.15) is 20.3 Å². The van der Waals surface area contributed by atoms with E-state index in [-0.39, 0.29) is 5.56 Å². The van der Waals surface area contributed by atoms with Gasteiger partial charge < -0.3 is 4.52 Å². The van der Waals surface area contributed by atoms with Crippen LogP contribution in [0.15, 0.2) is 21.6 Å². The van der Waals surface area contributed by atoms with Gasteiger partial charge in [-0.15, -0.1) is 0 Å². The van der Waals surface area contributed by atoms with Crippen molar-refractivity contribution >= 4 is 0 Å². The third-order valence-corrected chi connectivity index (χ3v) is 1.82. The molecule has 1 unspecified atom stereocenters. The van der Waals surface area contributed by atoms with Crippen LogP contribution in [0.25, 0.3) is 0 Å². The molecule has 0 N–H and O–H groups in total. The Bertz CT molecular complexity index is 261. The fraction of sp³-hybridized carbons (Fsp3) is 0.625. The molecule has 0 aliphatic heterocycles. The highest BCUT2D eigenvalue weighted by molar-refractivity contribution is 4.75. The molecule has 3 heteroatoms. The van der Waals surface area contributed by atoms with Gasteiger partial charge in [-0.2, -0.15) is 4.74 Å². The lowest BCUT2D eigenvalue weighted by molar-refractivity contribution is 0.227. The van der Waals surface area contributed by atoms with Gasteiger partial charge in [-0.3, -0.25) is 4.79 Å². The van der Waals surface area contributed by atoms with Gasteiger partial charge in [0.25, 0.3) is 5.56 Å². The fourth-order valence-corrected chi connectivity index (χ4v) is 0.842. The smallest absolute Gasteiger partial charge is 0.282 e. The molecule has 1 aromatic rings. The molecule has 62 valence electrons. The zero-order valence-corrected chi connectivity index (χ0v) is 6.91. The van der Waals surface area contributed by atoms with E-state index in [1.54, 1.807) is 0 Å². The minimum absolute atomic E-state index is 0.0506. The van der Waals surface area contributed by atoms with E-state index in [1.165, 1.54) is 17.1 Å². The molecule has 1 rings (SSSR count). The van der Waals surface area contributed by atoms with Crippen LogP contribution in [0.2, 0.25) is 0 Å². The van der Waals surface area contributed by atoms with Crippen LogP contribution in [-0.2, 0) is 6.54 Å². The SMILES string of the molecule is CCC(C)Cn1occc1=O. The summed E-state index contributed by atoms with van der Waals surface area (Å²) in [6.45, 7) is 4.87. The van der Waals surface area contributed by atoms with Gasteiger partial charge in [0.05, 0.1) is 6.54 Å². The van der Waals surface area contributed by atoms with Gasteiger partial charge >= 0.3 is 0 Å². The van der Waals surface area contributed by atoms with Crippen molar-refractivity contribution in [1.29, 1.82) is 0 Å². The molecule has 0 aliphatic carbocycles. The highest BCUT2D eigenvalue weighted by atomic mass is 16.5. The Morgan fingerprint density at radius 2 is 2.45 bits per heavy atom. The summed E-state index contributed by atoms with van der Waals surface area (Å²) in [5, 5.41) is 0. The van der Waals surface area contributed by atoms with E-state index < -0.39 is 0 Å². The van der Waals surface area contributed by atoms with Crippen LogP contribution >= 0.6 is 0 Å². The summed E-state index contributed by atoms with van der Waals surface area (Å²) in [5.41, 5.74) is -0.0506. The van der Waals surface area contributed by atoms with Gasteiger partial charge in [0.1, 0.15) is 6.26 Å². The lowest BCUT2D eigenvalue weighted by Crippen LogP contribution is -2.17. The zero-order valence-electron chi connectivity index (χ0n) is 6.91. The van der Waals surface area contributed by atoms with Crippen LogP contribution in [0.3, 0.4) is 0 Å². The van der Waals surface area contributed by atoms with E-state index in [2.05, 4.69) is 13.8 Å². The minimum atomic E-state index is -0.0506. The average molecular weight is 155 g/mol. The van der Waals surface area contributed by atoms with Crippen LogP contribution in [0, 0.1) is 5.92 Å². The molecule has 0 aliphatic rings. The monoisotopic (exact) mass is 155 g/mol. The largest absolute Gasteiger partial charge is 0.384 e. The van der Waals surface area contributed by atoms with Crippen LogP contribution in [0.4, 0.5) is 0 Å². The first-order valence-corrected chi connectivity index (χ1v) is 3.89. The molecule has 0 saturated heterocycles. The number of hydrogen-bond acceptors (Lipinski definition) is 2. The summed E-state index contributed by atoms with van der Waals surface area (Å²) in [6.07, 6.45) is 2.48. The third kappa shape index (κ3) is 1.97. The number of rotatable bonds is 3. The van der Waals surface area contributed by atoms with Gasteiger partial charge in [0.15, 0.2) is 0 Å². The van der Waals surface area contributed by atoms with E-state index in [0.29, 0.717) is 12.5 Å². The van der Waals surface area contributed by atoms with Crippen molar-refractivity contribution in [2.24, 2.45) is 5.92 Å². The molecule has 3 nitrogen and oxygen atoms in total. The van der Waals surface area contributed by atoms with Crippen molar-refractivity contribution in [3.8, 4) is 0 Å². The molecule has 0 aromatic carbocycles. The third-order valence-electron chi connectivity index (χ3n) is 1.82. The van der Waals surface area contributed by atoms with Gasteiger partial charge in [-0.05, 0) is 5.92 Å². The number of aromatic nitrogens is 1. The topological polar surface area (TPSA) is 35.1 Å². The van der Waals surface area contributed by atoms with Crippen LogP contribution in [-0.4, -0.2) is 4.74 Å². The molecular weight excluding hydrogens is 142 g/mol. The Morgan fingerprint density at radius 1 is 1.73 bits per heavy atom. The molecule has 0 fully saturated rings. The molecule has 11 heavy (non-hydrogen) atoms. The number of hydrogen-bond donors (Lipinski definition) is 0. The minimum Gasteiger partial charge on any atom is -0.384 e. The second-order valence-corrected chi connectivity index (χ2v) is 2.82. The Labute approximate surface area is 65.6 Å². The highest BCUT2D eigenvalue weighted by Crippen LogP contribution is 2.02. The second kappa shape index (κ2) is 3.42. The molecule has 0 bridgehead atoms. The van der Waals surface area contributed by atoms with Crippen molar-refractivity contribution in [1.82, 2.24) is 4.74 Å². The maximum absolute atomic E-state index is 10.9. The molecule has 0 saturated carbocycles. The predicted molar refractivity (Wildman–Crippen MR) is 42.4 cm³/mol. The van der Waals surface area contributed by atoms with E-state index in [1.807, 2.05) is 0 Å². The molecule has 1 aromatic heterocycles. The first kappa shape index (κ1) is 8.11. The number of nitrogens with zero attached hydrogens (tertiary/aromatic N) is 1. The predicted octanol–water partition coefficient (Wildman–Crippen LogP) is 1.49. The van der Waals surface area contributed by atoms with Crippen LogP contribution < -0.4 is 5.56 Å². The summed E-state index contributed by atoms with van der Waals surface area (Å²) < 4.78 is 6.32. The maximum Gasteiger partial charge on any atom is 0.282 e. The molecule has 1 atom stereocenters. The van der Waals surface area contributed by atoms with Crippen molar-refractivity contribution in [3.63, 3.8) is 0 Å². The highest BCUT2D eigenvalue weighted by Gasteiger charge is 2.03. The van der Waals surface area contributed by atoms with Crippen molar-refractivity contribution in [2.45, 2.75) is 26.8 Å². The Morgan fingerprint density at radius 3 is 2.91 bits per heavy atom. The lowest BCUT2D eigenvalue weighted by Gasteiger charge is -2.05. The quantitative estimate of drug-likeness (QED) is 0.662. The second-order valence-electron chi connectivity index (χ2n) is 2.82. The Hall–Kier alpha value is -0.990. The molecule has 0 spiro atoms. The van der Waals surface area contributed by atoms with E-state index in [0.717, 1.165) is 6.42 Å². The maximum atomic E-state index is 10.9. The van der Waals surface area contributed by atoms with Gasteiger partial charge in [-0.25, -0.2) is 0 Å². The summed E-state index contributed by atoms with van der Waals surface area (Å²) in [7, 11) is 0. The van der Waals surface area contributed by atoms with Gasteiger partial charge in [0, 0.05) is 6.07 Å². The Balaban J connectivity index is 2.64. The molecule has 0 amide bonds. The first-order valence-electron chi connectivity index (χ1n) is 3.89. The molecule has 0 radical (unpaired) electrons. The van der Waals surface area contributed by atoms with Crippen molar-refractivity contribution < 1.29 is 4.52 Å². The summed E-state index contributed by atoms with van der Waals surface area (Å²) in [5.74, 6) is 0.499. The van der Waals surface area contributed by atoms with Gasteiger partial charge in [0.2, 0.25) is 0 Å². The fourth-order valence-electron chi connectivity index (χ4n) is 0.842. The standard InChI is InChI=1S/C8H13NO2/c1-3-7(2)6-9-8(10)4-5-11-9/h4-5,7H,3,6H2,1-2H3. The molecular formula is C8H13NO2.